The summed E-state index contributed by atoms with van der Waals surface area (Å²) >= 11 is 6.02. The summed E-state index contributed by atoms with van der Waals surface area (Å²) in [6.07, 6.45) is 5.48. The SMILES string of the molecule is COC(=O)C1CCC(C(C)NC(=O)c2cccc3ccn(Cc4ccc(Cl)cc4)c23)CC1. The van der Waals surface area contributed by atoms with Gasteiger partial charge in [-0.05, 0) is 68.4 Å². The number of hydrogen-bond acceptors (Lipinski definition) is 3. The maximum absolute atomic E-state index is 13.3. The Balaban J connectivity index is 1.48. The van der Waals surface area contributed by atoms with Gasteiger partial charge in [0.15, 0.2) is 0 Å². The zero-order valence-electron chi connectivity index (χ0n) is 18.5. The quantitative estimate of drug-likeness (QED) is 0.506. The third-order valence-corrected chi connectivity index (χ3v) is 6.92. The highest BCUT2D eigenvalue weighted by Gasteiger charge is 2.30. The highest BCUT2D eigenvalue weighted by Crippen LogP contribution is 2.32. The van der Waals surface area contributed by atoms with Gasteiger partial charge in [-0.3, -0.25) is 9.59 Å². The molecule has 0 saturated heterocycles. The third kappa shape index (κ3) is 4.83. The Morgan fingerprint density at radius 3 is 2.50 bits per heavy atom. The van der Waals surface area contributed by atoms with Crippen LogP contribution in [0.15, 0.2) is 54.7 Å². The second-order valence-corrected chi connectivity index (χ2v) is 9.15. The number of carbonyl (C=O) groups excluding carboxylic acids is 2. The molecular formula is C26H29ClN2O3. The van der Waals surface area contributed by atoms with E-state index in [0.717, 1.165) is 42.1 Å². The van der Waals surface area contributed by atoms with Gasteiger partial charge in [-0.25, -0.2) is 0 Å². The van der Waals surface area contributed by atoms with Gasteiger partial charge in [0, 0.05) is 29.2 Å². The number of halogens is 1. The van der Waals surface area contributed by atoms with Gasteiger partial charge in [-0.2, -0.15) is 0 Å². The summed E-state index contributed by atoms with van der Waals surface area (Å²) in [5.74, 6) is 0.173. The van der Waals surface area contributed by atoms with Crippen LogP contribution < -0.4 is 5.32 Å². The molecule has 4 rings (SSSR count). The Morgan fingerprint density at radius 1 is 1.09 bits per heavy atom. The van der Waals surface area contributed by atoms with Crippen molar-refractivity contribution >= 4 is 34.4 Å². The number of nitrogens with one attached hydrogen (secondary N) is 1. The highest BCUT2D eigenvalue weighted by molar-refractivity contribution is 6.30. The van der Waals surface area contributed by atoms with Crippen LogP contribution in [0.2, 0.25) is 5.02 Å². The van der Waals surface area contributed by atoms with Crippen LogP contribution in [0, 0.1) is 11.8 Å². The van der Waals surface area contributed by atoms with E-state index >= 15 is 0 Å². The molecule has 5 nitrogen and oxygen atoms in total. The lowest BCUT2D eigenvalue weighted by atomic mass is 9.79. The zero-order chi connectivity index (χ0) is 22.7. The summed E-state index contributed by atoms with van der Waals surface area (Å²) < 4.78 is 6.99. The molecule has 1 fully saturated rings. The molecule has 1 atom stereocenters. The van der Waals surface area contributed by atoms with Crippen LogP contribution in [0.1, 0.15) is 48.5 Å². The standard InChI is InChI=1S/C26H29ClN2O3/c1-17(19-8-10-21(11-9-19)26(31)32-2)28-25(30)23-5-3-4-20-14-15-29(24(20)23)16-18-6-12-22(27)13-7-18/h3-7,12-15,17,19,21H,8-11,16H2,1-2H3,(H,28,30). The van der Waals surface area contributed by atoms with Gasteiger partial charge >= 0.3 is 5.97 Å². The minimum Gasteiger partial charge on any atom is -0.469 e. The number of esters is 1. The van der Waals surface area contributed by atoms with Crippen LogP contribution in [0.4, 0.5) is 0 Å². The summed E-state index contributed by atoms with van der Waals surface area (Å²) in [7, 11) is 1.45. The van der Waals surface area contributed by atoms with E-state index in [-0.39, 0.29) is 23.8 Å². The molecule has 1 unspecified atom stereocenters. The van der Waals surface area contributed by atoms with Crippen LogP contribution in [-0.2, 0) is 16.1 Å². The summed E-state index contributed by atoms with van der Waals surface area (Å²) in [5, 5.41) is 4.97. The van der Waals surface area contributed by atoms with Gasteiger partial charge in [-0.1, -0.05) is 35.9 Å². The molecule has 1 N–H and O–H groups in total. The number of nitrogens with zero attached hydrogens (tertiary/aromatic N) is 1. The number of ether oxygens (including phenoxy) is 1. The molecule has 1 aliphatic carbocycles. The molecule has 168 valence electrons. The van der Waals surface area contributed by atoms with Gasteiger partial charge < -0.3 is 14.6 Å². The van der Waals surface area contributed by atoms with Crippen molar-refractivity contribution in [2.75, 3.05) is 7.11 Å². The smallest absolute Gasteiger partial charge is 0.308 e. The second-order valence-electron chi connectivity index (χ2n) is 8.71. The summed E-state index contributed by atoms with van der Waals surface area (Å²) in [5.41, 5.74) is 2.73. The van der Waals surface area contributed by atoms with Crippen LogP contribution in [0.25, 0.3) is 10.9 Å². The van der Waals surface area contributed by atoms with Crippen LogP contribution in [0.5, 0.6) is 0 Å². The Morgan fingerprint density at radius 2 is 1.81 bits per heavy atom. The number of methoxy groups -OCH3 is 1. The largest absolute Gasteiger partial charge is 0.469 e. The summed E-state index contributed by atoms with van der Waals surface area (Å²) in [4.78, 5) is 25.0. The van der Waals surface area contributed by atoms with Crippen molar-refractivity contribution in [3.8, 4) is 0 Å². The van der Waals surface area contributed by atoms with Crippen molar-refractivity contribution in [1.29, 1.82) is 0 Å². The molecule has 1 aliphatic rings. The molecule has 0 spiro atoms. The fourth-order valence-corrected chi connectivity index (χ4v) is 4.91. The average molecular weight is 453 g/mol. The number of carbonyl (C=O) groups is 2. The fraction of sp³-hybridized carbons (Fsp3) is 0.385. The summed E-state index contributed by atoms with van der Waals surface area (Å²) in [6, 6.07) is 15.7. The van der Waals surface area contributed by atoms with E-state index in [0.29, 0.717) is 23.0 Å². The maximum atomic E-state index is 13.3. The van der Waals surface area contributed by atoms with E-state index in [2.05, 4.69) is 16.8 Å². The predicted molar refractivity (Wildman–Crippen MR) is 127 cm³/mol. The predicted octanol–water partition coefficient (Wildman–Crippen LogP) is 5.44. The van der Waals surface area contributed by atoms with Gasteiger partial charge in [0.2, 0.25) is 0 Å². The van der Waals surface area contributed by atoms with Crippen LogP contribution in [0.3, 0.4) is 0 Å². The molecule has 1 aromatic heterocycles. The lowest BCUT2D eigenvalue weighted by molar-refractivity contribution is -0.146. The monoisotopic (exact) mass is 452 g/mol. The number of fused-ring (bicyclic) bond motifs is 1. The third-order valence-electron chi connectivity index (χ3n) is 6.67. The Labute approximate surface area is 193 Å². The molecule has 6 heteroatoms. The second kappa shape index (κ2) is 9.78. The number of hydrogen-bond donors (Lipinski definition) is 1. The molecule has 2 aromatic carbocycles. The topological polar surface area (TPSA) is 60.3 Å². The molecular weight excluding hydrogens is 424 g/mol. The van der Waals surface area contributed by atoms with Crippen molar-refractivity contribution in [3.63, 3.8) is 0 Å². The molecule has 0 bridgehead atoms. The maximum Gasteiger partial charge on any atom is 0.308 e. The number of para-hydroxylation sites is 1. The zero-order valence-corrected chi connectivity index (χ0v) is 19.3. The Bertz CT molecular complexity index is 1100. The van der Waals surface area contributed by atoms with Crippen LogP contribution >= 0.6 is 11.6 Å². The van der Waals surface area contributed by atoms with Crippen molar-refractivity contribution in [1.82, 2.24) is 9.88 Å². The molecule has 1 heterocycles. The molecule has 0 radical (unpaired) electrons. The van der Waals surface area contributed by atoms with E-state index in [1.54, 1.807) is 0 Å². The summed E-state index contributed by atoms with van der Waals surface area (Å²) in [6.45, 7) is 2.73. The van der Waals surface area contributed by atoms with Gasteiger partial charge in [-0.15, -0.1) is 0 Å². The molecule has 1 saturated carbocycles. The van der Waals surface area contributed by atoms with Crippen molar-refractivity contribution in [2.24, 2.45) is 11.8 Å². The lowest BCUT2D eigenvalue weighted by Crippen LogP contribution is -2.40. The average Bonchev–Trinajstić information content (AvgIpc) is 3.23. The van der Waals surface area contributed by atoms with E-state index in [9.17, 15) is 9.59 Å². The van der Waals surface area contributed by atoms with Crippen molar-refractivity contribution in [2.45, 2.75) is 45.2 Å². The number of amides is 1. The first-order chi connectivity index (χ1) is 15.5. The van der Waals surface area contributed by atoms with Crippen LogP contribution in [-0.4, -0.2) is 29.6 Å². The highest BCUT2D eigenvalue weighted by atomic mass is 35.5. The molecule has 1 amide bonds. The first-order valence-electron chi connectivity index (χ1n) is 11.2. The van der Waals surface area contributed by atoms with Gasteiger partial charge in [0.1, 0.15) is 0 Å². The fourth-order valence-electron chi connectivity index (χ4n) is 4.79. The first-order valence-corrected chi connectivity index (χ1v) is 11.5. The van der Waals surface area contributed by atoms with Crippen molar-refractivity contribution in [3.05, 3.63) is 70.9 Å². The Kier molecular flexibility index (Phi) is 6.85. The number of aromatic nitrogens is 1. The van der Waals surface area contributed by atoms with Gasteiger partial charge in [0.05, 0.1) is 24.1 Å². The lowest BCUT2D eigenvalue weighted by Gasteiger charge is -2.31. The first kappa shape index (κ1) is 22.4. The van der Waals surface area contributed by atoms with E-state index in [4.69, 9.17) is 16.3 Å². The number of rotatable bonds is 6. The van der Waals surface area contributed by atoms with E-state index in [1.165, 1.54) is 7.11 Å². The minimum absolute atomic E-state index is 0.0101. The molecule has 0 aliphatic heterocycles. The van der Waals surface area contributed by atoms with Crippen molar-refractivity contribution < 1.29 is 14.3 Å². The van der Waals surface area contributed by atoms with E-state index in [1.807, 2.05) is 54.7 Å². The molecule has 32 heavy (non-hydrogen) atoms. The molecule has 3 aromatic rings. The van der Waals surface area contributed by atoms with Gasteiger partial charge in [0.25, 0.3) is 5.91 Å². The normalized spacial score (nSPS) is 19.5. The van der Waals surface area contributed by atoms with E-state index < -0.39 is 0 Å². The minimum atomic E-state index is -0.117. The Hall–Kier alpha value is -2.79. The number of benzene rings is 2.